The first-order valence-electron chi connectivity index (χ1n) is 6.69. The molecular weight excluding hydrogens is 292 g/mol. The lowest BCUT2D eigenvalue weighted by atomic mass is 10.2. The smallest absolute Gasteiger partial charge is 0.243 e. The first-order chi connectivity index (χ1) is 9.82. The Morgan fingerprint density at radius 3 is 2.43 bits per heavy atom. The molecule has 1 unspecified atom stereocenters. The molecule has 7 heteroatoms. The van der Waals surface area contributed by atoms with Crippen LogP contribution in [0.3, 0.4) is 0 Å². The molecule has 1 aromatic rings. The second-order valence-corrected chi connectivity index (χ2v) is 6.88. The summed E-state index contributed by atoms with van der Waals surface area (Å²) >= 11 is 0. The third-order valence-electron chi connectivity index (χ3n) is 3.10. The molecule has 1 rings (SSSR count). The van der Waals surface area contributed by atoms with Gasteiger partial charge in [0.15, 0.2) is 0 Å². The van der Waals surface area contributed by atoms with E-state index in [2.05, 4.69) is 0 Å². The zero-order chi connectivity index (χ0) is 16.0. The van der Waals surface area contributed by atoms with Crippen LogP contribution in [0.25, 0.3) is 0 Å². The summed E-state index contributed by atoms with van der Waals surface area (Å²) in [5.74, 6) is 0. The molecule has 0 radical (unpaired) electrons. The predicted molar refractivity (Wildman–Crippen MR) is 82.7 cm³/mol. The van der Waals surface area contributed by atoms with E-state index in [1.807, 2.05) is 6.92 Å². The molecule has 0 amide bonds. The monoisotopic (exact) mass is 316 g/mol. The number of hydrogen-bond acceptors (Lipinski definition) is 5. The van der Waals surface area contributed by atoms with Crippen LogP contribution in [0.1, 0.15) is 12.5 Å². The van der Waals surface area contributed by atoms with Gasteiger partial charge in [-0.15, -0.1) is 0 Å². The Morgan fingerprint density at radius 1 is 1.24 bits per heavy atom. The summed E-state index contributed by atoms with van der Waals surface area (Å²) in [6, 6.07) is 4.53. The van der Waals surface area contributed by atoms with Gasteiger partial charge in [-0.1, -0.05) is 0 Å². The fourth-order valence-corrected chi connectivity index (χ4v) is 3.88. The number of nitrogen functional groups attached to an aromatic ring is 1. The van der Waals surface area contributed by atoms with Crippen molar-refractivity contribution in [2.75, 3.05) is 39.7 Å². The molecule has 1 aromatic carbocycles. The summed E-state index contributed by atoms with van der Waals surface area (Å²) in [5, 5.41) is 0. The van der Waals surface area contributed by atoms with Gasteiger partial charge in [0.2, 0.25) is 10.0 Å². The topological polar surface area (TPSA) is 81.9 Å². The molecule has 0 aliphatic heterocycles. The fourth-order valence-electron chi connectivity index (χ4n) is 2.14. The number of nitrogens with zero attached hydrogens (tertiary/aromatic N) is 1. The van der Waals surface area contributed by atoms with E-state index in [0.29, 0.717) is 18.9 Å². The molecule has 0 spiro atoms. The molecule has 0 heterocycles. The maximum Gasteiger partial charge on any atom is 0.243 e. The molecule has 0 saturated carbocycles. The highest BCUT2D eigenvalue weighted by molar-refractivity contribution is 7.89. The van der Waals surface area contributed by atoms with Crippen LogP contribution < -0.4 is 5.73 Å². The van der Waals surface area contributed by atoms with E-state index in [-0.39, 0.29) is 17.5 Å². The number of sulfonamides is 1. The zero-order valence-corrected chi connectivity index (χ0v) is 13.8. The minimum absolute atomic E-state index is 0.194. The normalized spacial score (nSPS) is 13.6. The Kier molecular flexibility index (Phi) is 6.60. The van der Waals surface area contributed by atoms with Gasteiger partial charge >= 0.3 is 0 Å². The molecule has 6 nitrogen and oxygen atoms in total. The van der Waals surface area contributed by atoms with Crippen LogP contribution in [-0.2, 0) is 19.5 Å². The van der Waals surface area contributed by atoms with Crippen LogP contribution in [0.15, 0.2) is 23.1 Å². The summed E-state index contributed by atoms with van der Waals surface area (Å²) in [5.41, 5.74) is 6.99. The van der Waals surface area contributed by atoms with Gasteiger partial charge in [-0.05, 0) is 37.6 Å². The first-order valence-corrected chi connectivity index (χ1v) is 8.13. The molecule has 0 bridgehead atoms. The second kappa shape index (κ2) is 7.74. The molecular formula is C14H24N2O4S. The Hall–Kier alpha value is -1.15. The number of ether oxygens (including phenoxy) is 2. The fraction of sp³-hybridized carbons (Fsp3) is 0.571. The molecule has 21 heavy (non-hydrogen) atoms. The van der Waals surface area contributed by atoms with Gasteiger partial charge in [-0.2, -0.15) is 4.31 Å². The van der Waals surface area contributed by atoms with Crippen LogP contribution >= 0.6 is 0 Å². The maximum absolute atomic E-state index is 12.8. The van der Waals surface area contributed by atoms with Crippen LogP contribution in [0.4, 0.5) is 5.69 Å². The molecule has 120 valence electrons. The van der Waals surface area contributed by atoms with E-state index in [0.717, 1.165) is 5.56 Å². The van der Waals surface area contributed by atoms with E-state index in [1.54, 1.807) is 26.2 Å². The van der Waals surface area contributed by atoms with Crippen molar-refractivity contribution in [3.05, 3.63) is 23.8 Å². The Balaban J connectivity index is 3.18. The van der Waals surface area contributed by atoms with Gasteiger partial charge < -0.3 is 15.2 Å². The molecule has 2 N–H and O–H groups in total. The summed E-state index contributed by atoms with van der Waals surface area (Å²) in [6.07, 6.45) is 0. The zero-order valence-electron chi connectivity index (χ0n) is 13.0. The number of hydrogen-bond donors (Lipinski definition) is 1. The van der Waals surface area contributed by atoms with E-state index in [4.69, 9.17) is 15.2 Å². The van der Waals surface area contributed by atoms with Crippen LogP contribution in [0.5, 0.6) is 0 Å². The van der Waals surface area contributed by atoms with Crippen molar-refractivity contribution in [3.8, 4) is 0 Å². The van der Waals surface area contributed by atoms with Crippen molar-refractivity contribution in [2.24, 2.45) is 0 Å². The number of benzene rings is 1. The SMILES string of the molecule is COCCN(C(C)COC)S(=O)(=O)c1cc(C)cc(N)c1. The number of anilines is 1. The highest BCUT2D eigenvalue weighted by Gasteiger charge is 2.29. The lowest BCUT2D eigenvalue weighted by Crippen LogP contribution is -2.42. The predicted octanol–water partition coefficient (Wildman–Crippen LogP) is 1.25. The van der Waals surface area contributed by atoms with Gasteiger partial charge in [0, 0.05) is 32.5 Å². The van der Waals surface area contributed by atoms with Crippen molar-refractivity contribution < 1.29 is 17.9 Å². The van der Waals surface area contributed by atoms with Gasteiger partial charge in [-0.25, -0.2) is 8.42 Å². The summed E-state index contributed by atoms with van der Waals surface area (Å²) in [4.78, 5) is 0.194. The third kappa shape index (κ3) is 4.67. The lowest BCUT2D eigenvalue weighted by molar-refractivity contribution is 0.119. The van der Waals surface area contributed by atoms with Crippen molar-refractivity contribution in [1.29, 1.82) is 0 Å². The van der Waals surface area contributed by atoms with Gasteiger partial charge in [0.1, 0.15) is 0 Å². The van der Waals surface area contributed by atoms with Crippen molar-refractivity contribution >= 4 is 15.7 Å². The van der Waals surface area contributed by atoms with Gasteiger partial charge in [-0.3, -0.25) is 0 Å². The highest BCUT2D eigenvalue weighted by Crippen LogP contribution is 2.22. The van der Waals surface area contributed by atoms with Crippen LogP contribution in [0, 0.1) is 6.92 Å². The lowest BCUT2D eigenvalue weighted by Gasteiger charge is -2.28. The summed E-state index contributed by atoms with van der Waals surface area (Å²) in [6.45, 7) is 4.50. The molecule has 0 saturated heterocycles. The minimum Gasteiger partial charge on any atom is -0.399 e. The highest BCUT2D eigenvalue weighted by atomic mass is 32.2. The van der Waals surface area contributed by atoms with Crippen molar-refractivity contribution in [2.45, 2.75) is 24.8 Å². The number of aryl methyl sites for hydroxylation is 1. The molecule has 0 aromatic heterocycles. The molecule has 0 aliphatic rings. The standard InChI is InChI=1S/C14H24N2O4S/c1-11-7-13(15)9-14(8-11)21(17,18)16(5-6-19-3)12(2)10-20-4/h7-9,12H,5-6,10,15H2,1-4H3. The van der Waals surface area contributed by atoms with E-state index in [1.165, 1.54) is 17.5 Å². The Labute approximate surface area is 126 Å². The van der Waals surface area contributed by atoms with Crippen LogP contribution in [-0.4, -0.2) is 52.7 Å². The van der Waals surface area contributed by atoms with Crippen LogP contribution in [0.2, 0.25) is 0 Å². The third-order valence-corrected chi connectivity index (χ3v) is 5.09. The number of nitrogens with two attached hydrogens (primary N) is 1. The molecule has 0 aliphatic carbocycles. The number of rotatable bonds is 8. The van der Waals surface area contributed by atoms with Gasteiger partial charge in [0.05, 0.1) is 18.1 Å². The van der Waals surface area contributed by atoms with E-state index >= 15 is 0 Å². The Morgan fingerprint density at radius 2 is 1.90 bits per heavy atom. The van der Waals surface area contributed by atoms with Crippen molar-refractivity contribution in [1.82, 2.24) is 4.31 Å². The second-order valence-electron chi connectivity index (χ2n) is 4.99. The molecule has 0 fully saturated rings. The summed E-state index contributed by atoms with van der Waals surface area (Å²) < 4.78 is 37.1. The largest absolute Gasteiger partial charge is 0.399 e. The number of methoxy groups -OCH3 is 2. The van der Waals surface area contributed by atoms with Crippen molar-refractivity contribution in [3.63, 3.8) is 0 Å². The maximum atomic E-state index is 12.8. The first kappa shape index (κ1) is 17.9. The average molecular weight is 316 g/mol. The average Bonchev–Trinajstić information content (AvgIpc) is 2.38. The molecule has 1 atom stereocenters. The quantitative estimate of drug-likeness (QED) is 0.730. The Bertz CT molecular complexity index is 540. The minimum atomic E-state index is -3.65. The van der Waals surface area contributed by atoms with E-state index < -0.39 is 10.0 Å². The van der Waals surface area contributed by atoms with E-state index in [9.17, 15) is 8.42 Å². The summed E-state index contributed by atoms with van der Waals surface area (Å²) in [7, 11) is -0.564. The van der Waals surface area contributed by atoms with Gasteiger partial charge in [0.25, 0.3) is 0 Å².